The summed E-state index contributed by atoms with van der Waals surface area (Å²) in [4.78, 5) is 16.3. The molecule has 26 heavy (non-hydrogen) atoms. The molecule has 0 unspecified atom stereocenters. The average Bonchev–Trinajstić information content (AvgIpc) is 3.34. The second-order valence-corrected chi connectivity index (χ2v) is 6.53. The second kappa shape index (κ2) is 7.52. The summed E-state index contributed by atoms with van der Waals surface area (Å²) in [7, 11) is 0. The Morgan fingerprint density at radius 2 is 2.23 bits per heavy atom. The molecule has 1 atom stereocenters. The summed E-state index contributed by atoms with van der Waals surface area (Å²) in [5, 5.41) is 12.7. The van der Waals surface area contributed by atoms with Gasteiger partial charge in [0, 0.05) is 18.3 Å². The minimum Gasteiger partial charge on any atom is -0.486 e. The lowest BCUT2D eigenvalue weighted by molar-refractivity contribution is 0.0754. The number of benzene rings is 1. The third-order valence-corrected chi connectivity index (χ3v) is 4.51. The molecule has 1 N–H and O–H groups in total. The van der Waals surface area contributed by atoms with E-state index in [2.05, 4.69) is 20.6 Å². The smallest absolute Gasteiger partial charge is 0.273 e. The molecule has 9 heteroatoms. The molecular weight excluding hydrogens is 354 g/mol. The molecule has 8 nitrogen and oxygen atoms in total. The molecule has 0 spiro atoms. The highest BCUT2D eigenvalue weighted by molar-refractivity contribution is 7.07. The molecule has 1 aliphatic heterocycles. The van der Waals surface area contributed by atoms with Gasteiger partial charge in [-0.1, -0.05) is 17.3 Å². The van der Waals surface area contributed by atoms with Crippen LogP contribution in [0, 0.1) is 0 Å². The largest absolute Gasteiger partial charge is 0.486 e. The molecule has 3 heterocycles. The summed E-state index contributed by atoms with van der Waals surface area (Å²) in [6.07, 6.45) is 2.12. The first-order chi connectivity index (χ1) is 12.8. The fourth-order valence-corrected chi connectivity index (χ4v) is 3.20. The minimum atomic E-state index is -0.252. The van der Waals surface area contributed by atoms with Crippen molar-refractivity contribution in [3.63, 3.8) is 0 Å². The maximum atomic E-state index is 12.1. The number of ether oxygens (including phenoxy) is 2. The summed E-state index contributed by atoms with van der Waals surface area (Å²) in [6, 6.07) is 7.53. The van der Waals surface area contributed by atoms with Crippen molar-refractivity contribution in [3.05, 3.63) is 52.7 Å². The first-order valence-corrected chi connectivity index (χ1v) is 9.16. The Hall–Kier alpha value is -2.94. The van der Waals surface area contributed by atoms with Crippen LogP contribution in [0.25, 0.3) is 0 Å². The van der Waals surface area contributed by atoms with Crippen molar-refractivity contribution >= 4 is 17.2 Å². The van der Waals surface area contributed by atoms with Gasteiger partial charge in [0.1, 0.15) is 6.61 Å². The number of nitrogens with zero attached hydrogens (tertiary/aromatic N) is 4. The topological polar surface area (TPSA) is 91.2 Å². The third-order valence-electron chi connectivity index (χ3n) is 3.88. The van der Waals surface area contributed by atoms with Gasteiger partial charge in [-0.2, -0.15) is 0 Å². The fourth-order valence-electron chi connectivity index (χ4n) is 2.61. The predicted molar refractivity (Wildman–Crippen MR) is 94.5 cm³/mol. The number of para-hydroxylation sites is 2. The predicted octanol–water partition coefficient (Wildman–Crippen LogP) is 1.55. The van der Waals surface area contributed by atoms with Crippen LogP contribution in [0.15, 0.2) is 41.4 Å². The molecule has 1 amide bonds. The van der Waals surface area contributed by atoms with E-state index in [4.69, 9.17) is 9.47 Å². The highest BCUT2D eigenvalue weighted by Crippen LogP contribution is 2.31. The Bertz CT molecular complexity index is 880. The van der Waals surface area contributed by atoms with Crippen molar-refractivity contribution in [2.75, 3.05) is 13.2 Å². The van der Waals surface area contributed by atoms with E-state index >= 15 is 0 Å². The van der Waals surface area contributed by atoms with E-state index in [1.54, 1.807) is 16.4 Å². The van der Waals surface area contributed by atoms with Crippen molar-refractivity contribution in [1.82, 2.24) is 25.3 Å². The van der Waals surface area contributed by atoms with E-state index < -0.39 is 0 Å². The van der Waals surface area contributed by atoms with Gasteiger partial charge in [-0.25, -0.2) is 9.67 Å². The molecular formula is C17H17N5O3S. The van der Waals surface area contributed by atoms with Crippen LogP contribution in [0.2, 0.25) is 0 Å². The standard InChI is InChI=1S/C17H17N5O3S/c23-17(18-6-5-12-10-26-11-19-12)14-8-22(21-20-14)7-13-9-24-15-3-1-2-4-16(15)25-13/h1-4,8,10-11,13H,5-7,9H2,(H,18,23)/t13-/m0/s1. The van der Waals surface area contributed by atoms with Crippen LogP contribution in [0.4, 0.5) is 0 Å². The molecule has 0 aliphatic carbocycles. The summed E-state index contributed by atoms with van der Waals surface area (Å²) in [5.74, 6) is 1.20. The molecule has 0 radical (unpaired) electrons. The lowest BCUT2D eigenvalue weighted by atomic mass is 10.2. The summed E-state index contributed by atoms with van der Waals surface area (Å²) < 4.78 is 13.2. The number of carbonyl (C=O) groups excluding carboxylic acids is 1. The molecule has 0 fully saturated rings. The zero-order chi connectivity index (χ0) is 17.8. The Kier molecular flexibility index (Phi) is 4.78. The Labute approximate surface area is 153 Å². The Morgan fingerprint density at radius 3 is 3.08 bits per heavy atom. The van der Waals surface area contributed by atoms with E-state index in [1.165, 1.54) is 11.3 Å². The summed E-state index contributed by atoms with van der Waals surface area (Å²) >= 11 is 1.54. The van der Waals surface area contributed by atoms with Crippen LogP contribution in [0.1, 0.15) is 16.2 Å². The van der Waals surface area contributed by atoms with Crippen LogP contribution >= 0.6 is 11.3 Å². The number of aromatic nitrogens is 4. The van der Waals surface area contributed by atoms with E-state index in [0.29, 0.717) is 31.9 Å². The monoisotopic (exact) mass is 371 g/mol. The molecule has 3 aromatic rings. The van der Waals surface area contributed by atoms with Crippen molar-refractivity contribution in [2.45, 2.75) is 19.1 Å². The van der Waals surface area contributed by atoms with Crippen LogP contribution in [0.3, 0.4) is 0 Å². The second-order valence-electron chi connectivity index (χ2n) is 5.81. The third kappa shape index (κ3) is 3.83. The normalized spacial score (nSPS) is 15.6. The van der Waals surface area contributed by atoms with Gasteiger partial charge < -0.3 is 14.8 Å². The molecule has 2 aromatic heterocycles. The van der Waals surface area contributed by atoms with Crippen molar-refractivity contribution in [1.29, 1.82) is 0 Å². The number of carbonyl (C=O) groups is 1. The maximum Gasteiger partial charge on any atom is 0.273 e. The van der Waals surface area contributed by atoms with Crippen molar-refractivity contribution < 1.29 is 14.3 Å². The van der Waals surface area contributed by atoms with Crippen LogP contribution in [-0.2, 0) is 13.0 Å². The number of hydrogen-bond acceptors (Lipinski definition) is 7. The van der Waals surface area contributed by atoms with Gasteiger partial charge in [0.15, 0.2) is 23.3 Å². The highest BCUT2D eigenvalue weighted by atomic mass is 32.1. The van der Waals surface area contributed by atoms with E-state index in [-0.39, 0.29) is 17.7 Å². The Balaban J connectivity index is 1.30. The Morgan fingerprint density at radius 1 is 1.35 bits per heavy atom. The maximum absolute atomic E-state index is 12.1. The molecule has 0 saturated carbocycles. The minimum absolute atomic E-state index is 0.188. The zero-order valence-corrected chi connectivity index (χ0v) is 14.7. The van der Waals surface area contributed by atoms with Crippen LogP contribution in [-0.4, -0.2) is 45.1 Å². The number of hydrogen-bond donors (Lipinski definition) is 1. The van der Waals surface area contributed by atoms with Gasteiger partial charge in [-0.3, -0.25) is 4.79 Å². The van der Waals surface area contributed by atoms with Gasteiger partial charge >= 0.3 is 0 Å². The van der Waals surface area contributed by atoms with Crippen molar-refractivity contribution in [2.24, 2.45) is 0 Å². The van der Waals surface area contributed by atoms with Gasteiger partial charge in [-0.05, 0) is 12.1 Å². The highest BCUT2D eigenvalue weighted by Gasteiger charge is 2.22. The van der Waals surface area contributed by atoms with Gasteiger partial charge in [-0.15, -0.1) is 16.4 Å². The molecule has 1 aliphatic rings. The van der Waals surface area contributed by atoms with Gasteiger partial charge in [0.2, 0.25) is 0 Å². The number of rotatable bonds is 6. The fraction of sp³-hybridized carbons (Fsp3) is 0.294. The average molecular weight is 371 g/mol. The molecule has 0 bridgehead atoms. The summed E-state index contributed by atoms with van der Waals surface area (Å²) in [5.41, 5.74) is 3.02. The van der Waals surface area contributed by atoms with Gasteiger partial charge in [0.05, 0.1) is 23.9 Å². The number of thiazole rings is 1. The van der Waals surface area contributed by atoms with E-state index in [1.807, 2.05) is 29.6 Å². The number of amides is 1. The van der Waals surface area contributed by atoms with E-state index in [9.17, 15) is 4.79 Å². The first kappa shape index (κ1) is 16.5. The molecule has 4 rings (SSSR count). The summed E-state index contributed by atoms with van der Waals surface area (Å²) in [6.45, 7) is 1.38. The molecule has 134 valence electrons. The van der Waals surface area contributed by atoms with Crippen LogP contribution in [0.5, 0.6) is 11.5 Å². The molecule has 0 saturated heterocycles. The van der Waals surface area contributed by atoms with Gasteiger partial charge in [0.25, 0.3) is 5.91 Å². The van der Waals surface area contributed by atoms with E-state index in [0.717, 1.165) is 11.4 Å². The van der Waals surface area contributed by atoms with Crippen molar-refractivity contribution in [3.8, 4) is 11.5 Å². The first-order valence-electron chi connectivity index (χ1n) is 8.22. The van der Waals surface area contributed by atoms with Crippen LogP contribution < -0.4 is 14.8 Å². The SMILES string of the molecule is O=C(NCCc1cscn1)c1cn(C[C@H]2COc3ccccc3O2)nn1. The lowest BCUT2D eigenvalue weighted by Crippen LogP contribution is -2.33. The number of nitrogens with one attached hydrogen (secondary N) is 1. The molecule has 1 aromatic carbocycles. The quantitative estimate of drug-likeness (QED) is 0.707. The number of fused-ring (bicyclic) bond motifs is 1. The lowest BCUT2D eigenvalue weighted by Gasteiger charge is -2.26. The zero-order valence-electron chi connectivity index (χ0n) is 13.9.